The fourth-order valence-electron chi connectivity index (χ4n) is 2.39. The summed E-state index contributed by atoms with van der Waals surface area (Å²) < 4.78 is 0. The van der Waals surface area contributed by atoms with Gasteiger partial charge in [0.2, 0.25) is 0 Å². The summed E-state index contributed by atoms with van der Waals surface area (Å²) in [6.07, 6.45) is 4.04. The zero-order valence-corrected chi connectivity index (χ0v) is 13.4. The molecule has 1 unspecified atom stereocenters. The van der Waals surface area contributed by atoms with Crippen molar-refractivity contribution in [2.75, 3.05) is 19.6 Å². The van der Waals surface area contributed by atoms with E-state index < -0.39 is 0 Å². The molecule has 0 amide bonds. The SMILES string of the molecule is CCC(C)(CNC1CC1)CN(CC(C)C)C(C)C. The van der Waals surface area contributed by atoms with Crippen molar-refractivity contribution in [1.82, 2.24) is 10.2 Å². The van der Waals surface area contributed by atoms with Crippen LogP contribution in [0.25, 0.3) is 0 Å². The van der Waals surface area contributed by atoms with E-state index in [4.69, 9.17) is 0 Å². The molecule has 18 heavy (non-hydrogen) atoms. The molecule has 0 aromatic carbocycles. The third kappa shape index (κ3) is 5.71. The van der Waals surface area contributed by atoms with Crippen molar-refractivity contribution in [3.8, 4) is 0 Å². The molecule has 0 saturated heterocycles. The van der Waals surface area contributed by atoms with Gasteiger partial charge in [0.15, 0.2) is 0 Å². The summed E-state index contributed by atoms with van der Waals surface area (Å²) in [5, 5.41) is 3.72. The maximum absolute atomic E-state index is 3.72. The van der Waals surface area contributed by atoms with Gasteiger partial charge in [-0.2, -0.15) is 0 Å². The van der Waals surface area contributed by atoms with E-state index in [-0.39, 0.29) is 0 Å². The van der Waals surface area contributed by atoms with E-state index in [1.54, 1.807) is 0 Å². The highest BCUT2D eigenvalue weighted by Gasteiger charge is 2.29. The Morgan fingerprint density at radius 1 is 1.22 bits per heavy atom. The summed E-state index contributed by atoms with van der Waals surface area (Å²) >= 11 is 0. The van der Waals surface area contributed by atoms with Crippen LogP contribution in [-0.4, -0.2) is 36.6 Å². The standard InChI is InChI=1S/C16H34N2/c1-7-16(6,11-17-15-8-9-15)12-18(14(4)5)10-13(2)3/h13-15,17H,7-12H2,1-6H3. The molecule has 1 aliphatic carbocycles. The van der Waals surface area contributed by atoms with Crippen LogP contribution in [0.15, 0.2) is 0 Å². The van der Waals surface area contributed by atoms with E-state index in [1.807, 2.05) is 0 Å². The summed E-state index contributed by atoms with van der Waals surface area (Å²) in [6.45, 7) is 17.7. The van der Waals surface area contributed by atoms with Gasteiger partial charge in [-0.1, -0.05) is 27.7 Å². The Labute approximate surface area is 115 Å². The van der Waals surface area contributed by atoms with E-state index in [0.29, 0.717) is 11.5 Å². The zero-order valence-electron chi connectivity index (χ0n) is 13.4. The Morgan fingerprint density at radius 3 is 2.22 bits per heavy atom. The van der Waals surface area contributed by atoms with Crippen LogP contribution in [0, 0.1) is 11.3 Å². The average Bonchev–Trinajstić information content (AvgIpc) is 3.08. The van der Waals surface area contributed by atoms with Crippen molar-refractivity contribution < 1.29 is 0 Å². The maximum Gasteiger partial charge on any atom is 0.00684 e. The van der Waals surface area contributed by atoms with Crippen LogP contribution < -0.4 is 5.32 Å². The highest BCUT2D eigenvalue weighted by Crippen LogP contribution is 2.26. The minimum absolute atomic E-state index is 0.418. The quantitative estimate of drug-likeness (QED) is 0.677. The molecule has 108 valence electrons. The predicted molar refractivity (Wildman–Crippen MR) is 81.0 cm³/mol. The van der Waals surface area contributed by atoms with Gasteiger partial charge in [-0.3, -0.25) is 0 Å². The van der Waals surface area contributed by atoms with Crippen molar-refractivity contribution in [3.63, 3.8) is 0 Å². The lowest BCUT2D eigenvalue weighted by atomic mass is 9.86. The van der Waals surface area contributed by atoms with Crippen molar-refractivity contribution >= 4 is 0 Å². The minimum Gasteiger partial charge on any atom is -0.313 e. The molecule has 1 N–H and O–H groups in total. The summed E-state index contributed by atoms with van der Waals surface area (Å²) in [5.74, 6) is 0.755. The largest absolute Gasteiger partial charge is 0.313 e. The van der Waals surface area contributed by atoms with Gasteiger partial charge in [-0.25, -0.2) is 0 Å². The number of rotatable bonds is 9. The van der Waals surface area contributed by atoms with E-state index in [1.165, 1.54) is 38.9 Å². The van der Waals surface area contributed by atoms with Crippen LogP contribution in [0.1, 0.15) is 60.8 Å². The first-order chi connectivity index (χ1) is 8.36. The lowest BCUT2D eigenvalue weighted by Crippen LogP contribution is -2.46. The third-order valence-electron chi connectivity index (χ3n) is 4.16. The van der Waals surface area contributed by atoms with Crippen LogP contribution in [0.4, 0.5) is 0 Å². The van der Waals surface area contributed by atoms with Crippen LogP contribution in [0.5, 0.6) is 0 Å². The van der Waals surface area contributed by atoms with Crippen LogP contribution >= 0.6 is 0 Å². The Morgan fingerprint density at radius 2 is 1.83 bits per heavy atom. The Balaban J connectivity index is 2.49. The predicted octanol–water partition coefficient (Wildman–Crippen LogP) is 3.52. The van der Waals surface area contributed by atoms with E-state index in [2.05, 4.69) is 51.8 Å². The topological polar surface area (TPSA) is 15.3 Å². The van der Waals surface area contributed by atoms with E-state index >= 15 is 0 Å². The Hall–Kier alpha value is -0.0800. The van der Waals surface area contributed by atoms with Crippen molar-refractivity contribution in [1.29, 1.82) is 0 Å². The molecule has 0 bridgehead atoms. The molecule has 2 nitrogen and oxygen atoms in total. The van der Waals surface area contributed by atoms with E-state index in [0.717, 1.165) is 12.0 Å². The van der Waals surface area contributed by atoms with Crippen molar-refractivity contribution in [2.24, 2.45) is 11.3 Å². The van der Waals surface area contributed by atoms with Gasteiger partial charge in [0.25, 0.3) is 0 Å². The first-order valence-corrected chi connectivity index (χ1v) is 7.83. The molecule has 1 aliphatic rings. The Kier molecular flexibility index (Phi) is 6.13. The van der Waals surface area contributed by atoms with Crippen molar-refractivity contribution in [2.45, 2.75) is 72.9 Å². The van der Waals surface area contributed by atoms with Gasteiger partial charge in [-0.15, -0.1) is 0 Å². The van der Waals surface area contributed by atoms with Gasteiger partial charge in [0.1, 0.15) is 0 Å². The molecular weight excluding hydrogens is 220 g/mol. The summed E-state index contributed by atoms with van der Waals surface area (Å²) in [4.78, 5) is 2.66. The third-order valence-corrected chi connectivity index (χ3v) is 4.16. The fraction of sp³-hybridized carbons (Fsp3) is 1.00. The number of hydrogen-bond donors (Lipinski definition) is 1. The molecule has 0 aromatic rings. The first-order valence-electron chi connectivity index (χ1n) is 7.83. The molecule has 1 atom stereocenters. The van der Waals surface area contributed by atoms with Gasteiger partial charge in [0, 0.05) is 31.7 Å². The monoisotopic (exact) mass is 254 g/mol. The number of nitrogens with one attached hydrogen (secondary N) is 1. The average molecular weight is 254 g/mol. The molecule has 0 aromatic heterocycles. The lowest BCUT2D eigenvalue weighted by Gasteiger charge is -2.38. The summed E-state index contributed by atoms with van der Waals surface area (Å²) in [6, 6.07) is 1.48. The van der Waals surface area contributed by atoms with Gasteiger partial charge >= 0.3 is 0 Å². The number of hydrogen-bond acceptors (Lipinski definition) is 2. The van der Waals surface area contributed by atoms with Crippen LogP contribution in [0.2, 0.25) is 0 Å². The van der Waals surface area contributed by atoms with Crippen LogP contribution in [0.3, 0.4) is 0 Å². The normalized spacial score (nSPS) is 19.8. The van der Waals surface area contributed by atoms with Gasteiger partial charge in [-0.05, 0) is 44.4 Å². The van der Waals surface area contributed by atoms with Gasteiger partial charge in [0.05, 0.1) is 0 Å². The van der Waals surface area contributed by atoms with Gasteiger partial charge < -0.3 is 10.2 Å². The maximum atomic E-state index is 3.72. The fourth-order valence-corrected chi connectivity index (χ4v) is 2.39. The second kappa shape index (κ2) is 6.91. The molecule has 0 spiro atoms. The number of nitrogens with zero attached hydrogens (tertiary/aromatic N) is 1. The second-order valence-corrected chi connectivity index (χ2v) is 7.24. The molecule has 2 heteroatoms. The molecule has 0 radical (unpaired) electrons. The van der Waals surface area contributed by atoms with Crippen LogP contribution in [-0.2, 0) is 0 Å². The zero-order chi connectivity index (χ0) is 13.8. The minimum atomic E-state index is 0.418. The molecular formula is C16H34N2. The molecule has 1 fully saturated rings. The molecule has 1 rings (SSSR count). The molecule has 0 aliphatic heterocycles. The smallest absolute Gasteiger partial charge is 0.00684 e. The molecule has 0 heterocycles. The highest BCUT2D eigenvalue weighted by atomic mass is 15.2. The second-order valence-electron chi connectivity index (χ2n) is 7.24. The first kappa shape index (κ1) is 16.0. The molecule has 1 saturated carbocycles. The van der Waals surface area contributed by atoms with Crippen molar-refractivity contribution in [3.05, 3.63) is 0 Å². The lowest BCUT2D eigenvalue weighted by molar-refractivity contribution is 0.114. The summed E-state index contributed by atoms with van der Waals surface area (Å²) in [5.41, 5.74) is 0.418. The van der Waals surface area contributed by atoms with E-state index in [9.17, 15) is 0 Å². The highest BCUT2D eigenvalue weighted by molar-refractivity contribution is 4.87. The Bertz CT molecular complexity index is 233. The summed E-state index contributed by atoms with van der Waals surface area (Å²) in [7, 11) is 0.